The highest BCUT2D eigenvalue weighted by Gasteiger charge is 2.25. The molecule has 1 aliphatic rings. The summed E-state index contributed by atoms with van der Waals surface area (Å²) in [5.41, 5.74) is 4.42. The SMILES string of the molecule is CC1Cc2nc3ccccc3nc21. The Morgan fingerprint density at radius 3 is 2.54 bits per heavy atom. The van der Waals surface area contributed by atoms with E-state index in [1.165, 1.54) is 11.4 Å². The quantitative estimate of drug-likeness (QED) is 0.606. The number of rotatable bonds is 0. The summed E-state index contributed by atoms with van der Waals surface area (Å²) < 4.78 is 0. The molecule has 1 aromatic heterocycles. The minimum absolute atomic E-state index is 0.604. The Kier molecular flexibility index (Phi) is 1.23. The van der Waals surface area contributed by atoms with Crippen LogP contribution in [0, 0.1) is 0 Å². The second-order valence-corrected chi connectivity index (χ2v) is 3.65. The van der Waals surface area contributed by atoms with Gasteiger partial charge in [-0.1, -0.05) is 19.1 Å². The number of hydrogen-bond acceptors (Lipinski definition) is 2. The molecule has 1 aliphatic carbocycles. The molecule has 0 saturated heterocycles. The molecule has 0 saturated carbocycles. The molecule has 0 fully saturated rings. The number of hydrogen-bond donors (Lipinski definition) is 0. The third-order valence-corrected chi connectivity index (χ3v) is 2.64. The number of nitrogens with zero attached hydrogens (tertiary/aromatic N) is 2. The molecule has 1 heterocycles. The van der Waals surface area contributed by atoms with E-state index in [2.05, 4.69) is 16.9 Å². The Hall–Kier alpha value is -1.44. The zero-order chi connectivity index (χ0) is 8.84. The van der Waals surface area contributed by atoms with Gasteiger partial charge in [-0.2, -0.15) is 0 Å². The van der Waals surface area contributed by atoms with E-state index >= 15 is 0 Å². The Bertz CT molecular complexity index is 476. The summed E-state index contributed by atoms with van der Waals surface area (Å²) in [7, 11) is 0. The predicted molar refractivity (Wildman–Crippen MR) is 51.7 cm³/mol. The monoisotopic (exact) mass is 170 g/mol. The Morgan fingerprint density at radius 1 is 1.15 bits per heavy atom. The molecule has 2 aromatic rings. The van der Waals surface area contributed by atoms with Gasteiger partial charge in [-0.05, 0) is 18.6 Å². The van der Waals surface area contributed by atoms with Crippen molar-refractivity contribution in [2.24, 2.45) is 0 Å². The molecule has 2 heteroatoms. The lowest BCUT2D eigenvalue weighted by Crippen LogP contribution is -2.18. The van der Waals surface area contributed by atoms with Gasteiger partial charge in [-0.15, -0.1) is 0 Å². The van der Waals surface area contributed by atoms with Crippen LogP contribution in [0.5, 0.6) is 0 Å². The minimum atomic E-state index is 0.604. The maximum Gasteiger partial charge on any atom is 0.0890 e. The van der Waals surface area contributed by atoms with Crippen molar-refractivity contribution in [1.29, 1.82) is 0 Å². The van der Waals surface area contributed by atoms with Crippen LogP contribution in [0.2, 0.25) is 0 Å². The first-order valence-electron chi connectivity index (χ1n) is 4.60. The average Bonchev–Trinajstić information content (AvgIpc) is 2.16. The van der Waals surface area contributed by atoms with Crippen LogP contribution < -0.4 is 0 Å². The lowest BCUT2D eigenvalue weighted by molar-refractivity contribution is 0.617. The van der Waals surface area contributed by atoms with Gasteiger partial charge >= 0.3 is 0 Å². The predicted octanol–water partition coefficient (Wildman–Crippen LogP) is 2.29. The lowest BCUT2D eigenvalue weighted by atomic mass is 9.87. The second kappa shape index (κ2) is 2.28. The van der Waals surface area contributed by atoms with Crippen molar-refractivity contribution in [3.05, 3.63) is 35.7 Å². The number of benzene rings is 1. The van der Waals surface area contributed by atoms with Crippen LogP contribution in [0.25, 0.3) is 11.0 Å². The summed E-state index contributed by atoms with van der Waals surface area (Å²) in [5, 5.41) is 0. The van der Waals surface area contributed by atoms with Crippen molar-refractivity contribution in [3.63, 3.8) is 0 Å². The topological polar surface area (TPSA) is 25.8 Å². The molecular formula is C11H10N2. The molecule has 0 aliphatic heterocycles. The number of fused-ring (bicyclic) bond motifs is 2. The van der Waals surface area contributed by atoms with Crippen molar-refractivity contribution in [3.8, 4) is 0 Å². The normalized spacial score (nSPS) is 19.6. The van der Waals surface area contributed by atoms with Crippen LogP contribution in [0.1, 0.15) is 24.2 Å². The number of para-hydroxylation sites is 2. The molecule has 1 atom stereocenters. The van der Waals surface area contributed by atoms with E-state index < -0.39 is 0 Å². The molecule has 0 spiro atoms. The van der Waals surface area contributed by atoms with Crippen molar-refractivity contribution < 1.29 is 0 Å². The largest absolute Gasteiger partial charge is 0.249 e. The molecule has 0 radical (unpaired) electrons. The number of aromatic nitrogens is 2. The summed E-state index contributed by atoms with van der Waals surface area (Å²) in [6.07, 6.45) is 1.09. The molecule has 0 bridgehead atoms. The van der Waals surface area contributed by atoms with E-state index in [4.69, 9.17) is 0 Å². The summed E-state index contributed by atoms with van der Waals surface area (Å²) in [6.45, 7) is 2.20. The van der Waals surface area contributed by atoms with Crippen LogP contribution in [0.4, 0.5) is 0 Å². The Labute approximate surface area is 76.6 Å². The summed E-state index contributed by atoms with van der Waals surface area (Å²) in [4.78, 5) is 9.13. The van der Waals surface area contributed by atoms with E-state index in [-0.39, 0.29) is 0 Å². The molecular weight excluding hydrogens is 160 g/mol. The molecule has 0 amide bonds. The Morgan fingerprint density at radius 2 is 1.85 bits per heavy atom. The molecule has 1 unspecified atom stereocenters. The van der Waals surface area contributed by atoms with Crippen LogP contribution >= 0.6 is 0 Å². The maximum absolute atomic E-state index is 4.58. The van der Waals surface area contributed by atoms with Gasteiger partial charge in [0.1, 0.15) is 0 Å². The minimum Gasteiger partial charge on any atom is -0.249 e. The van der Waals surface area contributed by atoms with Crippen molar-refractivity contribution in [2.45, 2.75) is 19.3 Å². The summed E-state index contributed by atoms with van der Waals surface area (Å²) in [6, 6.07) is 8.05. The lowest BCUT2D eigenvalue weighted by Gasteiger charge is -2.24. The van der Waals surface area contributed by atoms with Gasteiger partial charge in [-0.3, -0.25) is 0 Å². The standard InChI is InChI=1S/C11H10N2/c1-7-6-10-11(7)13-9-5-3-2-4-8(9)12-10/h2-5,7H,6H2,1H3. The molecule has 0 N–H and O–H groups in total. The second-order valence-electron chi connectivity index (χ2n) is 3.65. The highest BCUT2D eigenvalue weighted by molar-refractivity contribution is 5.74. The first-order chi connectivity index (χ1) is 6.34. The van der Waals surface area contributed by atoms with Gasteiger partial charge in [0, 0.05) is 5.92 Å². The van der Waals surface area contributed by atoms with E-state index in [1.54, 1.807) is 0 Å². The fourth-order valence-electron chi connectivity index (χ4n) is 1.85. The van der Waals surface area contributed by atoms with Gasteiger partial charge in [0.15, 0.2) is 0 Å². The third kappa shape index (κ3) is 0.886. The maximum atomic E-state index is 4.58. The van der Waals surface area contributed by atoms with Crippen LogP contribution in [-0.4, -0.2) is 9.97 Å². The van der Waals surface area contributed by atoms with Gasteiger partial charge < -0.3 is 0 Å². The van der Waals surface area contributed by atoms with Crippen LogP contribution in [-0.2, 0) is 6.42 Å². The zero-order valence-corrected chi connectivity index (χ0v) is 7.49. The zero-order valence-electron chi connectivity index (χ0n) is 7.49. The molecule has 2 nitrogen and oxygen atoms in total. The fraction of sp³-hybridized carbons (Fsp3) is 0.273. The summed E-state index contributed by atoms with van der Waals surface area (Å²) in [5.74, 6) is 0.604. The van der Waals surface area contributed by atoms with Crippen LogP contribution in [0.15, 0.2) is 24.3 Å². The highest BCUT2D eigenvalue weighted by atomic mass is 14.9. The van der Waals surface area contributed by atoms with E-state index in [1.807, 2.05) is 24.3 Å². The molecule has 1 aromatic carbocycles. The van der Waals surface area contributed by atoms with E-state index in [0.717, 1.165) is 17.5 Å². The van der Waals surface area contributed by atoms with Gasteiger partial charge in [0.25, 0.3) is 0 Å². The smallest absolute Gasteiger partial charge is 0.0890 e. The van der Waals surface area contributed by atoms with E-state index in [0.29, 0.717) is 5.92 Å². The summed E-state index contributed by atoms with van der Waals surface area (Å²) >= 11 is 0. The van der Waals surface area contributed by atoms with Crippen molar-refractivity contribution in [2.75, 3.05) is 0 Å². The van der Waals surface area contributed by atoms with Gasteiger partial charge in [0.2, 0.25) is 0 Å². The van der Waals surface area contributed by atoms with Crippen molar-refractivity contribution in [1.82, 2.24) is 9.97 Å². The van der Waals surface area contributed by atoms with Crippen molar-refractivity contribution >= 4 is 11.0 Å². The molecule has 13 heavy (non-hydrogen) atoms. The average molecular weight is 170 g/mol. The van der Waals surface area contributed by atoms with Crippen LogP contribution in [0.3, 0.4) is 0 Å². The molecule has 3 rings (SSSR count). The third-order valence-electron chi connectivity index (χ3n) is 2.64. The van der Waals surface area contributed by atoms with Gasteiger partial charge in [-0.25, -0.2) is 9.97 Å². The highest BCUT2D eigenvalue weighted by Crippen LogP contribution is 2.32. The fourth-order valence-corrected chi connectivity index (χ4v) is 1.85. The Balaban J connectivity index is 2.35. The first-order valence-corrected chi connectivity index (χ1v) is 4.60. The van der Waals surface area contributed by atoms with E-state index in [9.17, 15) is 0 Å². The molecule has 64 valence electrons. The van der Waals surface area contributed by atoms with Gasteiger partial charge in [0.05, 0.1) is 22.4 Å². The first kappa shape index (κ1) is 7.01.